The average molecular weight is 496 g/mol. The summed E-state index contributed by atoms with van der Waals surface area (Å²) in [6.07, 6.45) is 2.21. The van der Waals surface area contributed by atoms with Gasteiger partial charge in [0, 0.05) is 18.2 Å². The van der Waals surface area contributed by atoms with Gasteiger partial charge in [0.1, 0.15) is 0 Å². The van der Waals surface area contributed by atoms with Crippen LogP contribution >= 0.6 is 0 Å². The predicted molar refractivity (Wildman–Crippen MR) is 149 cm³/mol. The summed E-state index contributed by atoms with van der Waals surface area (Å²) in [5, 5.41) is 19.7. The minimum atomic E-state index is -1.59. The first-order chi connectivity index (χ1) is 17.4. The van der Waals surface area contributed by atoms with Crippen molar-refractivity contribution in [3.63, 3.8) is 0 Å². The lowest BCUT2D eigenvalue weighted by Crippen LogP contribution is -2.34. The van der Waals surface area contributed by atoms with Crippen LogP contribution in [0.3, 0.4) is 0 Å². The summed E-state index contributed by atoms with van der Waals surface area (Å²) in [4.78, 5) is 19.3. The molecule has 1 heterocycles. The zero-order chi connectivity index (χ0) is 26.7. The van der Waals surface area contributed by atoms with Crippen LogP contribution in [0.1, 0.15) is 73.1 Å². The second kappa shape index (κ2) is 8.86. The number of carbonyl (C=O) groups is 1. The van der Waals surface area contributed by atoms with Crippen LogP contribution in [-0.2, 0) is 15.6 Å². The van der Waals surface area contributed by atoms with Gasteiger partial charge in [-0.25, -0.2) is 9.79 Å². The quantitative estimate of drug-likeness (QED) is 0.404. The molecule has 0 spiro atoms. The molecular weight excluding hydrogens is 463 g/mol. The SMILES string of the molecule is COC(=O)c1ccc(C2=Nc3cc(B(O)O)ccc3N(C)c3cc4c(cc32)C(C)(C)CCC4(C)C)cc1. The van der Waals surface area contributed by atoms with Crippen LogP contribution in [0.5, 0.6) is 0 Å². The molecule has 3 aromatic rings. The second-order valence-electron chi connectivity index (χ2n) is 11.4. The van der Waals surface area contributed by atoms with Crippen LogP contribution < -0.4 is 10.4 Å². The van der Waals surface area contributed by atoms with Crippen molar-refractivity contribution in [1.82, 2.24) is 0 Å². The Bertz CT molecular complexity index is 1420. The van der Waals surface area contributed by atoms with Crippen molar-refractivity contribution in [3.8, 4) is 0 Å². The number of esters is 1. The number of nitrogens with zero attached hydrogens (tertiary/aromatic N) is 2. The van der Waals surface area contributed by atoms with E-state index in [2.05, 4.69) is 44.7 Å². The lowest BCUT2D eigenvalue weighted by molar-refractivity contribution is 0.0600. The molecule has 5 rings (SSSR count). The van der Waals surface area contributed by atoms with E-state index in [-0.39, 0.29) is 16.8 Å². The van der Waals surface area contributed by atoms with Crippen LogP contribution in [0.25, 0.3) is 0 Å². The van der Waals surface area contributed by atoms with Gasteiger partial charge in [-0.2, -0.15) is 0 Å². The predicted octanol–water partition coefficient (Wildman–Crippen LogP) is 4.75. The first-order valence-corrected chi connectivity index (χ1v) is 12.6. The first-order valence-electron chi connectivity index (χ1n) is 12.6. The van der Waals surface area contributed by atoms with Gasteiger partial charge in [-0.3, -0.25) is 0 Å². The van der Waals surface area contributed by atoms with Gasteiger partial charge in [-0.1, -0.05) is 45.9 Å². The molecule has 1 aliphatic carbocycles. The molecule has 0 radical (unpaired) electrons. The van der Waals surface area contributed by atoms with E-state index in [1.54, 1.807) is 24.3 Å². The van der Waals surface area contributed by atoms with Gasteiger partial charge in [-0.05, 0) is 76.7 Å². The van der Waals surface area contributed by atoms with Crippen LogP contribution in [0.2, 0.25) is 0 Å². The zero-order valence-corrected chi connectivity index (χ0v) is 22.3. The van der Waals surface area contributed by atoms with E-state index in [0.717, 1.165) is 41.1 Å². The lowest BCUT2D eigenvalue weighted by Gasteiger charge is -2.43. The molecule has 6 nitrogen and oxygen atoms in total. The third kappa shape index (κ3) is 4.26. The Morgan fingerprint density at radius 1 is 0.919 bits per heavy atom. The highest BCUT2D eigenvalue weighted by Crippen LogP contribution is 2.49. The Morgan fingerprint density at radius 2 is 1.54 bits per heavy atom. The standard InChI is InChI=1S/C30H33BN2O4/c1-29(2)13-14-30(3,4)23-17-26-21(16-22(23)29)27(18-7-9-19(10-8-18)28(34)37-6)32-24-15-20(31(35)36)11-12-25(24)33(26)5/h7-12,15-17,35-36H,13-14H2,1-6H3. The van der Waals surface area contributed by atoms with Gasteiger partial charge in [0.05, 0.1) is 35.4 Å². The molecule has 0 unspecified atom stereocenters. The average Bonchev–Trinajstić information content (AvgIpc) is 3.00. The van der Waals surface area contributed by atoms with E-state index in [0.29, 0.717) is 16.7 Å². The molecule has 0 aromatic heterocycles. The van der Waals surface area contributed by atoms with Crippen molar-refractivity contribution in [1.29, 1.82) is 0 Å². The van der Waals surface area contributed by atoms with Crippen molar-refractivity contribution in [2.24, 2.45) is 4.99 Å². The molecule has 3 aromatic carbocycles. The Labute approximate surface area is 218 Å². The number of anilines is 2. The van der Waals surface area contributed by atoms with Crippen molar-refractivity contribution >= 4 is 41.3 Å². The van der Waals surface area contributed by atoms with Crippen molar-refractivity contribution in [3.05, 3.63) is 82.4 Å². The Morgan fingerprint density at radius 3 is 2.14 bits per heavy atom. The monoisotopic (exact) mass is 496 g/mol. The topological polar surface area (TPSA) is 82.4 Å². The van der Waals surface area contributed by atoms with E-state index in [4.69, 9.17) is 9.73 Å². The largest absolute Gasteiger partial charge is 0.488 e. The molecule has 0 saturated heterocycles. The third-order valence-corrected chi connectivity index (χ3v) is 8.06. The van der Waals surface area contributed by atoms with Crippen LogP contribution in [0.4, 0.5) is 17.1 Å². The summed E-state index contributed by atoms with van der Waals surface area (Å²) in [5.41, 5.74) is 8.77. The lowest BCUT2D eigenvalue weighted by atomic mass is 9.62. The number of ether oxygens (including phenoxy) is 1. The normalized spacial score (nSPS) is 17.1. The minimum Gasteiger partial charge on any atom is -0.465 e. The van der Waals surface area contributed by atoms with Crippen LogP contribution in [0.15, 0.2) is 59.6 Å². The molecule has 0 bridgehead atoms. The Kier molecular flexibility index (Phi) is 6.04. The van der Waals surface area contributed by atoms with Gasteiger partial charge in [0.15, 0.2) is 0 Å². The number of benzene rings is 3. The highest BCUT2D eigenvalue weighted by Gasteiger charge is 2.39. The van der Waals surface area contributed by atoms with E-state index in [1.807, 2.05) is 25.2 Å². The van der Waals surface area contributed by atoms with Gasteiger partial charge in [-0.15, -0.1) is 0 Å². The smallest absolute Gasteiger partial charge is 0.465 e. The minimum absolute atomic E-state index is 0.0195. The summed E-state index contributed by atoms with van der Waals surface area (Å²) in [5.74, 6) is -0.389. The summed E-state index contributed by atoms with van der Waals surface area (Å²) in [6, 6.07) is 17.2. The van der Waals surface area contributed by atoms with E-state index in [1.165, 1.54) is 18.2 Å². The molecule has 7 heteroatoms. The molecule has 0 amide bonds. The Hall–Kier alpha value is -3.42. The van der Waals surface area contributed by atoms with Crippen LogP contribution in [-0.4, -0.2) is 43.0 Å². The maximum Gasteiger partial charge on any atom is 0.488 e. The van der Waals surface area contributed by atoms with E-state index in [9.17, 15) is 14.8 Å². The van der Waals surface area contributed by atoms with E-state index >= 15 is 0 Å². The first kappa shape index (κ1) is 25.2. The number of hydrogen-bond acceptors (Lipinski definition) is 6. The fourth-order valence-corrected chi connectivity index (χ4v) is 5.56. The number of fused-ring (bicyclic) bond motifs is 3. The van der Waals surface area contributed by atoms with Crippen LogP contribution in [0, 0.1) is 0 Å². The maximum atomic E-state index is 12.0. The molecular formula is C30H33BN2O4. The number of rotatable bonds is 3. The van der Waals surface area contributed by atoms with Gasteiger partial charge in [0.25, 0.3) is 0 Å². The highest BCUT2D eigenvalue weighted by molar-refractivity contribution is 6.58. The Balaban J connectivity index is 1.80. The number of hydrogen-bond donors (Lipinski definition) is 2. The zero-order valence-electron chi connectivity index (χ0n) is 22.3. The molecule has 190 valence electrons. The van der Waals surface area contributed by atoms with Crippen molar-refractivity contribution in [2.75, 3.05) is 19.1 Å². The summed E-state index contributed by atoms with van der Waals surface area (Å²) >= 11 is 0. The molecule has 2 aliphatic rings. The molecule has 2 N–H and O–H groups in total. The summed E-state index contributed by atoms with van der Waals surface area (Å²) < 4.78 is 4.88. The van der Waals surface area contributed by atoms with Gasteiger partial charge >= 0.3 is 13.1 Å². The van der Waals surface area contributed by atoms with Gasteiger partial charge < -0.3 is 19.7 Å². The second-order valence-corrected chi connectivity index (χ2v) is 11.4. The fourth-order valence-electron chi connectivity index (χ4n) is 5.56. The maximum absolute atomic E-state index is 12.0. The third-order valence-electron chi connectivity index (χ3n) is 8.06. The van der Waals surface area contributed by atoms with E-state index < -0.39 is 7.12 Å². The summed E-state index contributed by atoms with van der Waals surface area (Å²) in [7, 11) is 1.81. The van der Waals surface area contributed by atoms with Crippen molar-refractivity contribution < 1.29 is 19.6 Å². The molecule has 0 fully saturated rings. The highest BCUT2D eigenvalue weighted by atomic mass is 16.5. The number of carbonyl (C=O) groups excluding carboxylic acids is 1. The molecule has 1 aliphatic heterocycles. The summed E-state index contributed by atoms with van der Waals surface area (Å²) in [6.45, 7) is 9.24. The molecule has 0 atom stereocenters. The fraction of sp³-hybridized carbons (Fsp3) is 0.333. The van der Waals surface area contributed by atoms with Crippen molar-refractivity contribution in [2.45, 2.75) is 51.4 Å². The number of aliphatic imine (C=N–C) groups is 1. The van der Waals surface area contributed by atoms with Gasteiger partial charge in [0.2, 0.25) is 0 Å². The molecule has 37 heavy (non-hydrogen) atoms. The number of methoxy groups -OCH3 is 1. The molecule has 0 saturated carbocycles.